The van der Waals surface area contributed by atoms with Gasteiger partial charge in [-0.1, -0.05) is 24.3 Å². The molecule has 0 saturated carbocycles. The standard InChI is InChI=1S/C24H33N3O5S/c1-7-25-24(29)19(4)26(15-20-11-9-12-21(14-20)32-5)23(28)16-27(33(6,30)31)22-13-8-10-17(2)18(22)3/h8-14,19H,7,15-16H2,1-6H3,(H,25,29)/t19-/m0/s1. The third kappa shape index (κ3) is 6.71. The van der Waals surface area contributed by atoms with E-state index in [9.17, 15) is 18.0 Å². The maximum absolute atomic E-state index is 13.5. The van der Waals surface area contributed by atoms with Gasteiger partial charge in [-0.2, -0.15) is 0 Å². The van der Waals surface area contributed by atoms with Crippen molar-refractivity contribution >= 4 is 27.5 Å². The number of likely N-dealkylation sites (N-methyl/N-ethyl adjacent to an activating group) is 1. The Bertz CT molecular complexity index is 1100. The summed E-state index contributed by atoms with van der Waals surface area (Å²) < 4.78 is 31.7. The van der Waals surface area contributed by atoms with Crippen LogP contribution in [-0.4, -0.2) is 57.6 Å². The summed E-state index contributed by atoms with van der Waals surface area (Å²) in [5.74, 6) is -0.173. The van der Waals surface area contributed by atoms with E-state index in [0.717, 1.165) is 27.3 Å². The molecule has 180 valence electrons. The molecule has 2 aromatic rings. The van der Waals surface area contributed by atoms with Crippen LogP contribution in [0.4, 0.5) is 5.69 Å². The lowest BCUT2D eigenvalue weighted by Gasteiger charge is -2.32. The van der Waals surface area contributed by atoms with Crippen molar-refractivity contribution in [2.24, 2.45) is 0 Å². The van der Waals surface area contributed by atoms with Gasteiger partial charge in [-0.25, -0.2) is 8.42 Å². The van der Waals surface area contributed by atoms with Crippen LogP contribution < -0.4 is 14.4 Å². The highest BCUT2D eigenvalue weighted by atomic mass is 32.2. The molecule has 1 N–H and O–H groups in total. The normalized spacial score (nSPS) is 12.1. The van der Waals surface area contributed by atoms with E-state index in [4.69, 9.17) is 4.74 Å². The van der Waals surface area contributed by atoms with E-state index in [1.54, 1.807) is 51.3 Å². The number of methoxy groups -OCH3 is 1. The van der Waals surface area contributed by atoms with Crippen LogP contribution in [-0.2, 0) is 26.2 Å². The number of sulfonamides is 1. The van der Waals surface area contributed by atoms with E-state index < -0.39 is 28.5 Å². The Hall–Kier alpha value is -3.07. The third-order valence-electron chi connectivity index (χ3n) is 5.53. The van der Waals surface area contributed by atoms with Gasteiger partial charge < -0.3 is 15.0 Å². The van der Waals surface area contributed by atoms with E-state index in [2.05, 4.69) is 5.32 Å². The van der Waals surface area contributed by atoms with Crippen LogP contribution in [0.25, 0.3) is 0 Å². The number of benzene rings is 2. The molecule has 0 spiro atoms. The molecule has 8 nitrogen and oxygen atoms in total. The zero-order valence-electron chi connectivity index (χ0n) is 20.1. The number of anilines is 1. The van der Waals surface area contributed by atoms with Gasteiger partial charge in [-0.05, 0) is 62.6 Å². The van der Waals surface area contributed by atoms with Crippen LogP contribution in [0.2, 0.25) is 0 Å². The molecule has 2 aromatic carbocycles. The lowest BCUT2D eigenvalue weighted by atomic mass is 10.1. The average molecular weight is 476 g/mol. The number of carbonyl (C=O) groups is 2. The fourth-order valence-electron chi connectivity index (χ4n) is 3.47. The first-order valence-electron chi connectivity index (χ1n) is 10.7. The first kappa shape index (κ1) is 26.2. The number of ether oxygens (including phenoxy) is 1. The van der Waals surface area contributed by atoms with Crippen molar-refractivity contribution in [3.05, 3.63) is 59.2 Å². The second-order valence-corrected chi connectivity index (χ2v) is 9.84. The summed E-state index contributed by atoms with van der Waals surface area (Å²) in [6, 6.07) is 11.7. The number of hydrogen-bond donors (Lipinski definition) is 1. The van der Waals surface area contributed by atoms with E-state index in [0.29, 0.717) is 18.0 Å². The molecule has 2 amide bonds. The maximum Gasteiger partial charge on any atom is 0.244 e. The van der Waals surface area contributed by atoms with Crippen LogP contribution in [0.15, 0.2) is 42.5 Å². The molecule has 2 rings (SSSR count). The van der Waals surface area contributed by atoms with Crippen LogP contribution in [0.5, 0.6) is 5.75 Å². The highest BCUT2D eigenvalue weighted by molar-refractivity contribution is 7.92. The van der Waals surface area contributed by atoms with E-state index in [-0.39, 0.29) is 12.5 Å². The molecular formula is C24H33N3O5S. The van der Waals surface area contributed by atoms with Crippen LogP contribution >= 0.6 is 0 Å². The summed E-state index contributed by atoms with van der Waals surface area (Å²) in [5.41, 5.74) is 2.89. The largest absolute Gasteiger partial charge is 0.497 e. The Labute approximate surface area is 196 Å². The highest BCUT2D eigenvalue weighted by Crippen LogP contribution is 2.25. The zero-order valence-corrected chi connectivity index (χ0v) is 20.9. The first-order valence-corrected chi connectivity index (χ1v) is 12.6. The van der Waals surface area contributed by atoms with Crippen molar-refractivity contribution in [2.75, 3.05) is 30.8 Å². The van der Waals surface area contributed by atoms with Crippen molar-refractivity contribution in [3.63, 3.8) is 0 Å². The topological polar surface area (TPSA) is 96.0 Å². The number of amides is 2. The third-order valence-corrected chi connectivity index (χ3v) is 6.66. The number of nitrogens with one attached hydrogen (secondary N) is 1. The minimum absolute atomic E-state index is 0.124. The number of nitrogens with zero attached hydrogens (tertiary/aromatic N) is 2. The van der Waals surface area contributed by atoms with Crippen LogP contribution in [0.3, 0.4) is 0 Å². The molecule has 0 aliphatic rings. The summed E-state index contributed by atoms with van der Waals surface area (Å²) in [4.78, 5) is 27.5. The van der Waals surface area contributed by atoms with Gasteiger partial charge in [0.25, 0.3) is 0 Å². The summed E-state index contributed by atoms with van der Waals surface area (Å²) in [6.07, 6.45) is 1.07. The Morgan fingerprint density at radius 3 is 2.39 bits per heavy atom. The predicted molar refractivity (Wildman–Crippen MR) is 130 cm³/mol. The van der Waals surface area contributed by atoms with Crippen molar-refractivity contribution in [2.45, 2.75) is 40.3 Å². The summed E-state index contributed by atoms with van der Waals surface area (Å²) >= 11 is 0. The van der Waals surface area contributed by atoms with Gasteiger partial charge in [0, 0.05) is 13.1 Å². The van der Waals surface area contributed by atoms with Gasteiger partial charge in [0.05, 0.1) is 19.1 Å². The molecule has 0 aliphatic carbocycles. The molecule has 0 fully saturated rings. The molecule has 0 heterocycles. The predicted octanol–water partition coefficient (Wildman–Crippen LogP) is 2.63. The lowest BCUT2D eigenvalue weighted by molar-refractivity contribution is -0.139. The second-order valence-electron chi connectivity index (χ2n) is 7.93. The lowest BCUT2D eigenvalue weighted by Crippen LogP contribution is -2.51. The molecule has 0 aromatic heterocycles. The monoisotopic (exact) mass is 475 g/mol. The number of hydrogen-bond acceptors (Lipinski definition) is 5. The summed E-state index contributed by atoms with van der Waals surface area (Å²) in [6.45, 7) is 7.25. The quantitative estimate of drug-likeness (QED) is 0.570. The van der Waals surface area contributed by atoms with Crippen molar-refractivity contribution in [1.82, 2.24) is 10.2 Å². The summed E-state index contributed by atoms with van der Waals surface area (Å²) in [7, 11) is -2.21. The van der Waals surface area contributed by atoms with E-state index >= 15 is 0 Å². The maximum atomic E-state index is 13.5. The van der Waals surface area contributed by atoms with Crippen molar-refractivity contribution in [1.29, 1.82) is 0 Å². The van der Waals surface area contributed by atoms with Crippen LogP contribution in [0, 0.1) is 13.8 Å². The van der Waals surface area contributed by atoms with E-state index in [1.807, 2.05) is 26.0 Å². The molecule has 9 heteroatoms. The Kier molecular flexibility index (Phi) is 8.87. The Morgan fingerprint density at radius 2 is 1.79 bits per heavy atom. The molecule has 0 aliphatic heterocycles. The molecule has 1 atom stereocenters. The van der Waals surface area contributed by atoms with Gasteiger partial charge in [0.1, 0.15) is 18.3 Å². The average Bonchev–Trinajstić information content (AvgIpc) is 2.77. The second kappa shape index (κ2) is 11.2. The smallest absolute Gasteiger partial charge is 0.244 e. The molecular weight excluding hydrogens is 442 g/mol. The highest BCUT2D eigenvalue weighted by Gasteiger charge is 2.30. The van der Waals surface area contributed by atoms with Gasteiger partial charge in [0.15, 0.2) is 0 Å². The molecule has 0 radical (unpaired) electrons. The molecule has 0 bridgehead atoms. The minimum Gasteiger partial charge on any atom is -0.497 e. The van der Waals surface area contributed by atoms with Crippen LogP contribution in [0.1, 0.15) is 30.5 Å². The van der Waals surface area contributed by atoms with Gasteiger partial charge >= 0.3 is 0 Å². The first-order chi connectivity index (χ1) is 15.5. The fourth-order valence-corrected chi connectivity index (χ4v) is 4.37. The van der Waals surface area contributed by atoms with Crippen molar-refractivity contribution < 1.29 is 22.7 Å². The van der Waals surface area contributed by atoms with Gasteiger partial charge in [-0.3, -0.25) is 13.9 Å². The molecule has 0 unspecified atom stereocenters. The minimum atomic E-state index is -3.76. The fraction of sp³-hybridized carbons (Fsp3) is 0.417. The molecule has 33 heavy (non-hydrogen) atoms. The number of aryl methyl sites for hydroxylation is 1. The summed E-state index contributed by atoms with van der Waals surface area (Å²) in [5, 5.41) is 2.73. The van der Waals surface area contributed by atoms with Gasteiger partial charge in [-0.15, -0.1) is 0 Å². The van der Waals surface area contributed by atoms with Gasteiger partial charge in [0.2, 0.25) is 21.8 Å². The Balaban J connectivity index is 2.44. The number of carbonyl (C=O) groups excluding carboxylic acids is 2. The Morgan fingerprint density at radius 1 is 1.12 bits per heavy atom. The van der Waals surface area contributed by atoms with Crippen molar-refractivity contribution in [3.8, 4) is 5.75 Å². The SMILES string of the molecule is CCNC(=O)[C@H](C)N(Cc1cccc(OC)c1)C(=O)CN(c1cccc(C)c1C)S(C)(=O)=O. The molecule has 0 saturated heterocycles. The van der Waals surface area contributed by atoms with E-state index in [1.165, 1.54) is 4.90 Å². The number of rotatable bonds is 10. The zero-order chi connectivity index (χ0) is 24.8.